The first kappa shape index (κ1) is 9.79. The lowest BCUT2D eigenvalue weighted by Crippen LogP contribution is -2.30. The molecule has 0 N–H and O–H groups in total. The van der Waals surface area contributed by atoms with E-state index in [0.29, 0.717) is 10.6 Å². The minimum atomic E-state index is -0.402. The Morgan fingerprint density at radius 2 is 1.87 bits per heavy atom. The van der Waals surface area contributed by atoms with Gasteiger partial charge in [-0.1, -0.05) is 0 Å². The molecule has 1 aromatic rings. The Hall–Kier alpha value is -1.75. The Balaban J connectivity index is 2.46. The topological polar surface area (TPSA) is 54.5 Å². The van der Waals surface area contributed by atoms with Crippen molar-refractivity contribution in [3.63, 3.8) is 0 Å². The molecule has 0 fully saturated rings. The normalized spacial score (nSPS) is 15.1. The van der Waals surface area contributed by atoms with Gasteiger partial charge in [0, 0.05) is 19.1 Å². The third-order valence-corrected chi connectivity index (χ3v) is 3.02. The van der Waals surface area contributed by atoms with Crippen LogP contribution in [0.2, 0.25) is 0 Å². The summed E-state index contributed by atoms with van der Waals surface area (Å²) in [6.45, 7) is 1.41. The average molecular weight is 221 g/mol. The van der Waals surface area contributed by atoms with Crippen LogP contribution in [0.1, 0.15) is 16.6 Å². The monoisotopic (exact) mass is 221 g/mol. The maximum atomic E-state index is 11.4. The lowest BCUT2D eigenvalue weighted by Gasteiger charge is -2.12. The number of hydrogen-bond acceptors (Lipinski definition) is 4. The van der Waals surface area contributed by atoms with Crippen molar-refractivity contribution in [2.24, 2.45) is 0 Å². The number of rotatable bonds is 2. The molecule has 0 radical (unpaired) electrons. The molecule has 0 atom stereocenters. The van der Waals surface area contributed by atoms with Crippen molar-refractivity contribution in [2.75, 3.05) is 4.90 Å². The van der Waals surface area contributed by atoms with Crippen molar-refractivity contribution in [1.29, 1.82) is 0 Å². The van der Waals surface area contributed by atoms with E-state index in [-0.39, 0.29) is 5.78 Å². The van der Waals surface area contributed by atoms with Crippen molar-refractivity contribution in [1.82, 2.24) is 0 Å². The van der Waals surface area contributed by atoms with Crippen LogP contribution >= 0.6 is 11.3 Å². The summed E-state index contributed by atoms with van der Waals surface area (Å²) in [5.74, 6) is -0.950. The Bertz CT molecular complexity index is 469. The highest BCUT2D eigenvalue weighted by atomic mass is 32.1. The van der Waals surface area contributed by atoms with Crippen LogP contribution in [-0.2, 0) is 9.59 Å². The lowest BCUT2D eigenvalue weighted by molar-refractivity contribution is -0.119. The predicted octanol–water partition coefficient (Wildman–Crippen LogP) is 1.38. The SMILES string of the molecule is CC(=O)c1sccc1N1C(=O)C=CC1=O. The van der Waals surface area contributed by atoms with E-state index in [2.05, 4.69) is 0 Å². The number of amides is 2. The number of anilines is 1. The molecule has 4 nitrogen and oxygen atoms in total. The maximum absolute atomic E-state index is 11.4. The highest BCUT2D eigenvalue weighted by Crippen LogP contribution is 2.28. The Morgan fingerprint density at radius 3 is 2.40 bits per heavy atom. The van der Waals surface area contributed by atoms with Crippen LogP contribution < -0.4 is 4.90 Å². The van der Waals surface area contributed by atoms with E-state index in [1.54, 1.807) is 11.4 Å². The molecular weight excluding hydrogens is 214 g/mol. The average Bonchev–Trinajstić information content (AvgIpc) is 2.73. The summed E-state index contributed by atoms with van der Waals surface area (Å²) < 4.78 is 0. The van der Waals surface area contributed by atoms with Crippen molar-refractivity contribution in [3.05, 3.63) is 28.5 Å². The van der Waals surface area contributed by atoms with Gasteiger partial charge in [-0.2, -0.15) is 0 Å². The van der Waals surface area contributed by atoms with Crippen molar-refractivity contribution in [2.45, 2.75) is 6.92 Å². The first-order valence-electron chi connectivity index (χ1n) is 4.26. The molecule has 0 spiro atoms. The second-order valence-electron chi connectivity index (χ2n) is 3.04. The van der Waals surface area contributed by atoms with Gasteiger partial charge in [-0.25, -0.2) is 4.90 Å². The highest BCUT2D eigenvalue weighted by Gasteiger charge is 2.28. The zero-order valence-corrected chi connectivity index (χ0v) is 8.71. The molecule has 2 rings (SSSR count). The van der Waals surface area contributed by atoms with Gasteiger partial charge in [0.2, 0.25) is 0 Å². The number of ketones is 1. The smallest absolute Gasteiger partial charge is 0.258 e. The van der Waals surface area contributed by atoms with Gasteiger partial charge in [-0.15, -0.1) is 11.3 Å². The van der Waals surface area contributed by atoms with Gasteiger partial charge in [-0.05, 0) is 11.4 Å². The molecule has 1 aliphatic heterocycles. The first-order valence-corrected chi connectivity index (χ1v) is 5.14. The summed E-state index contributed by atoms with van der Waals surface area (Å²) in [7, 11) is 0. The minimum absolute atomic E-state index is 0.146. The van der Waals surface area contributed by atoms with Crippen LogP contribution in [-0.4, -0.2) is 17.6 Å². The molecular formula is C10H7NO3S. The van der Waals surface area contributed by atoms with E-state index < -0.39 is 11.8 Å². The molecule has 0 saturated carbocycles. The molecule has 15 heavy (non-hydrogen) atoms. The van der Waals surface area contributed by atoms with Gasteiger partial charge in [-0.3, -0.25) is 14.4 Å². The molecule has 0 bridgehead atoms. The summed E-state index contributed by atoms with van der Waals surface area (Å²) in [5, 5.41) is 1.69. The molecule has 0 unspecified atom stereocenters. The Morgan fingerprint density at radius 1 is 1.27 bits per heavy atom. The molecule has 0 aliphatic carbocycles. The molecule has 2 amide bonds. The van der Waals surface area contributed by atoms with E-state index in [4.69, 9.17) is 0 Å². The number of Topliss-reactive ketones (excluding diaryl/α,β-unsaturated/α-hetero) is 1. The van der Waals surface area contributed by atoms with Crippen LogP contribution in [0.3, 0.4) is 0 Å². The molecule has 2 heterocycles. The largest absolute Gasteiger partial charge is 0.294 e. The molecule has 1 aliphatic rings. The van der Waals surface area contributed by atoms with E-state index in [0.717, 1.165) is 4.90 Å². The highest BCUT2D eigenvalue weighted by molar-refractivity contribution is 7.12. The van der Waals surface area contributed by atoms with E-state index >= 15 is 0 Å². The fourth-order valence-corrected chi connectivity index (χ4v) is 2.16. The molecule has 1 aromatic heterocycles. The van der Waals surface area contributed by atoms with E-state index in [9.17, 15) is 14.4 Å². The van der Waals surface area contributed by atoms with E-state index in [1.807, 2.05) is 0 Å². The minimum Gasteiger partial charge on any atom is -0.294 e. The number of thiophene rings is 1. The van der Waals surface area contributed by atoms with Crippen LogP contribution in [0.4, 0.5) is 5.69 Å². The number of imide groups is 1. The van der Waals surface area contributed by atoms with Gasteiger partial charge in [0.05, 0.1) is 10.6 Å². The number of carbonyl (C=O) groups is 3. The van der Waals surface area contributed by atoms with Crippen LogP contribution in [0.25, 0.3) is 0 Å². The number of hydrogen-bond donors (Lipinski definition) is 0. The van der Waals surface area contributed by atoms with Gasteiger partial charge in [0.15, 0.2) is 5.78 Å². The molecule has 5 heteroatoms. The van der Waals surface area contributed by atoms with E-state index in [1.165, 1.54) is 30.4 Å². The summed E-state index contributed by atoms with van der Waals surface area (Å²) in [6, 6.07) is 1.60. The maximum Gasteiger partial charge on any atom is 0.258 e. The van der Waals surface area contributed by atoms with Crippen molar-refractivity contribution < 1.29 is 14.4 Å². The zero-order chi connectivity index (χ0) is 11.0. The van der Waals surface area contributed by atoms with Gasteiger partial charge < -0.3 is 0 Å². The Kier molecular flexibility index (Phi) is 2.24. The summed E-state index contributed by atoms with van der Waals surface area (Å²) in [4.78, 5) is 35.4. The third kappa shape index (κ3) is 1.50. The Labute approximate surface area is 89.8 Å². The molecule has 0 saturated heterocycles. The van der Waals surface area contributed by atoms with Crippen LogP contribution in [0.5, 0.6) is 0 Å². The first-order chi connectivity index (χ1) is 7.11. The van der Waals surface area contributed by atoms with Crippen LogP contribution in [0.15, 0.2) is 23.6 Å². The summed E-state index contributed by atoms with van der Waals surface area (Å²) >= 11 is 1.23. The van der Waals surface area contributed by atoms with Gasteiger partial charge in [0.1, 0.15) is 0 Å². The van der Waals surface area contributed by atoms with Gasteiger partial charge >= 0.3 is 0 Å². The fraction of sp³-hybridized carbons (Fsp3) is 0.100. The van der Waals surface area contributed by atoms with Crippen LogP contribution in [0, 0.1) is 0 Å². The second-order valence-corrected chi connectivity index (χ2v) is 3.95. The summed E-state index contributed by atoms with van der Waals surface area (Å²) in [5.41, 5.74) is 0.382. The number of carbonyl (C=O) groups excluding carboxylic acids is 3. The van der Waals surface area contributed by atoms with Crippen molar-refractivity contribution >= 4 is 34.6 Å². The molecule has 76 valence electrons. The molecule has 0 aromatic carbocycles. The third-order valence-electron chi connectivity index (χ3n) is 2.01. The second kappa shape index (κ2) is 3.43. The predicted molar refractivity (Wildman–Crippen MR) is 56.0 cm³/mol. The zero-order valence-electron chi connectivity index (χ0n) is 7.89. The quantitative estimate of drug-likeness (QED) is 0.560. The standard InChI is InChI=1S/C10H7NO3S/c1-6(12)10-7(4-5-15-10)11-8(13)2-3-9(11)14/h2-5H,1H3. The fourth-order valence-electron chi connectivity index (χ4n) is 1.38. The number of nitrogens with zero attached hydrogens (tertiary/aromatic N) is 1. The summed E-state index contributed by atoms with van der Waals surface area (Å²) in [6.07, 6.45) is 2.40. The van der Waals surface area contributed by atoms with Gasteiger partial charge in [0.25, 0.3) is 11.8 Å². The van der Waals surface area contributed by atoms with Crippen molar-refractivity contribution in [3.8, 4) is 0 Å². The lowest BCUT2D eigenvalue weighted by atomic mass is 10.3.